The number of hydrogen-bond acceptors (Lipinski definition) is 10. The molecular weight excluding hydrogens is 512 g/mol. The molecule has 3 aromatic heterocycles. The molecule has 3 heterocycles. The molecule has 0 bridgehead atoms. The minimum Gasteiger partial charge on any atom is -0.397 e. The average molecular weight is 541 g/mol. The molecule has 0 aliphatic heterocycles. The van der Waals surface area contributed by atoms with Gasteiger partial charge in [-0.05, 0) is 23.6 Å². The zero-order chi connectivity index (χ0) is 26.4. The van der Waals surface area contributed by atoms with E-state index in [1.807, 2.05) is 40.6 Å². The van der Waals surface area contributed by atoms with Crippen molar-refractivity contribution in [3.05, 3.63) is 46.7 Å². The summed E-state index contributed by atoms with van der Waals surface area (Å²) in [6, 6.07) is 11.2. The second kappa shape index (κ2) is 12.2. The number of nitrogens with zero attached hydrogens (tertiary/aromatic N) is 3. The van der Waals surface area contributed by atoms with Gasteiger partial charge in [0.2, 0.25) is 5.91 Å². The van der Waals surface area contributed by atoms with E-state index in [4.69, 9.17) is 25.9 Å². The number of aromatic nitrogens is 2. The number of hydrogen-bond donors (Lipinski definition) is 3. The molecule has 0 unspecified atom stereocenters. The topological polar surface area (TPSA) is 146 Å². The Kier molecular flexibility index (Phi) is 8.79. The van der Waals surface area contributed by atoms with Gasteiger partial charge in [-0.3, -0.25) is 14.5 Å². The molecule has 0 saturated heterocycles. The van der Waals surface area contributed by atoms with Crippen LogP contribution in [0.1, 0.15) is 9.67 Å². The Labute approximate surface area is 222 Å². The molecule has 0 aliphatic carbocycles. The number of nitrogens with two attached hydrogens (primary N) is 2. The molecule has 1 aromatic carbocycles. The average Bonchev–Trinajstić information content (AvgIpc) is 3.54. The number of methoxy groups -OCH3 is 2. The van der Waals surface area contributed by atoms with Crippen molar-refractivity contribution in [2.75, 3.05) is 58.1 Å². The third kappa shape index (κ3) is 6.29. The number of rotatable bonds is 12. The summed E-state index contributed by atoms with van der Waals surface area (Å²) < 4.78 is 10.3. The van der Waals surface area contributed by atoms with Gasteiger partial charge in [-0.15, -0.1) is 22.7 Å². The maximum atomic E-state index is 12.8. The van der Waals surface area contributed by atoms with E-state index >= 15 is 0 Å². The molecule has 12 heteroatoms. The number of carbonyl (C=O) groups is 2. The van der Waals surface area contributed by atoms with Gasteiger partial charge in [0, 0.05) is 38.6 Å². The molecule has 0 aliphatic rings. The Morgan fingerprint density at radius 1 is 1.08 bits per heavy atom. The van der Waals surface area contributed by atoms with Crippen LogP contribution in [0.4, 0.5) is 11.4 Å². The number of ether oxygens (including phenoxy) is 2. The molecule has 0 radical (unpaired) electrons. The number of anilines is 2. The first kappa shape index (κ1) is 26.6. The van der Waals surface area contributed by atoms with Gasteiger partial charge in [0.25, 0.3) is 5.91 Å². The number of benzene rings is 1. The van der Waals surface area contributed by atoms with Gasteiger partial charge in [-0.1, -0.05) is 18.2 Å². The quantitative estimate of drug-likeness (QED) is 0.248. The molecule has 4 aromatic rings. The molecule has 5 N–H and O–H groups in total. The number of nitrogens with one attached hydrogen (secondary N) is 1. The summed E-state index contributed by atoms with van der Waals surface area (Å²) in [4.78, 5) is 37.9. The minimum atomic E-state index is -0.614. The standard InChI is InChI=1S/C25H28N6O4S2/c1-34-10-8-31(9-11-35-2)14-18(32)28-16-6-3-5-15(13-16)21-19-20(26)22(23(27)33)37-25(19)30-24(29-21)17-7-4-12-36-17/h3-7,12-13H,8-11,14,26H2,1-2H3,(H2,27,33)(H,28,32). The fraction of sp³-hybridized carbons (Fsp3) is 0.280. The smallest absolute Gasteiger partial charge is 0.260 e. The first-order chi connectivity index (χ1) is 17.9. The van der Waals surface area contributed by atoms with Crippen molar-refractivity contribution in [2.45, 2.75) is 0 Å². The molecule has 0 saturated carbocycles. The van der Waals surface area contributed by atoms with Crippen molar-refractivity contribution in [2.24, 2.45) is 5.73 Å². The van der Waals surface area contributed by atoms with Crippen LogP contribution in [0.3, 0.4) is 0 Å². The summed E-state index contributed by atoms with van der Waals surface area (Å²) in [5.74, 6) is -0.254. The summed E-state index contributed by atoms with van der Waals surface area (Å²) in [6.45, 7) is 2.43. The van der Waals surface area contributed by atoms with Crippen LogP contribution in [-0.4, -0.2) is 73.7 Å². The molecular formula is C25H28N6O4S2. The summed E-state index contributed by atoms with van der Waals surface area (Å²) >= 11 is 2.66. The van der Waals surface area contributed by atoms with E-state index in [2.05, 4.69) is 10.3 Å². The molecule has 37 heavy (non-hydrogen) atoms. The Morgan fingerprint density at radius 3 is 2.49 bits per heavy atom. The summed E-state index contributed by atoms with van der Waals surface area (Å²) in [6.07, 6.45) is 0. The van der Waals surface area contributed by atoms with Crippen molar-refractivity contribution in [1.29, 1.82) is 0 Å². The number of carbonyl (C=O) groups excluding carboxylic acids is 2. The highest BCUT2D eigenvalue weighted by Crippen LogP contribution is 2.40. The lowest BCUT2D eigenvalue weighted by atomic mass is 10.1. The molecule has 10 nitrogen and oxygen atoms in total. The van der Waals surface area contributed by atoms with Crippen molar-refractivity contribution in [3.8, 4) is 22.0 Å². The van der Waals surface area contributed by atoms with Gasteiger partial charge in [-0.2, -0.15) is 0 Å². The van der Waals surface area contributed by atoms with E-state index in [0.717, 1.165) is 21.8 Å². The van der Waals surface area contributed by atoms with Gasteiger partial charge in [0.1, 0.15) is 9.71 Å². The van der Waals surface area contributed by atoms with Gasteiger partial charge < -0.3 is 26.3 Å². The first-order valence-corrected chi connectivity index (χ1v) is 13.1. The van der Waals surface area contributed by atoms with Gasteiger partial charge in [0.05, 0.1) is 41.4 Å². The molecule has 194 valence electrons. The second-order valence-electron chi connectivity index (χ2n) is 8.15. The van der Waals surface area contributed by atoms with Crippen LogP contribution in [0.5, 0.6) is 0 Å². The normalized spacial score (nSPS) is 11.3. The van der Waals surface area contributed by atoms with E-state index in [1.54, 1.807) is 20.3 Å². The van der Waals surface area contributed by atoms with Crippen LogP contribution >= 0.6 is 22.7 Å². The van der Waals surface area contributed by atoms with Crippen molar-refractivity contribution < 1.29 is 19.1 Å². The molecule has 0 fully saturated rings. The van der Waals surface area contributed by atoms with Gasteiger partial charge in [-0.25, -0.2) is 9.97 Å². The zero-order valence-corrected chi connectivity index (χ0v) is 22.2. The molecule has 0 spiro atoms. The lowest BCUT2D eigenvalue weighted by molar-refractivity contribution is -0.117. The summed E-state index contributed by atoms with van der Waals surface area (Å²) in [5.41, 5.74) is 14.0. The number of fused-ring (bicyclic) bond motifs is 1. The van der Waals surface area contributed by atoms with Crippen LogP contribution < -0.4 is 16.8 Å². The molecule has 4 rings (SSSR count). The lowest BCUT2D eigenvalue weighted by Crippen LogP contribution is -2.37. The van der Waals surface area contributed by atoms with E-state index in [-0.39, 0.29) is 23.0 Å². The van der Waals surface area contributed by atoms with E-state index < -0.39 is 5.91 Å². The van der Waals surface area contributed by atoms with E-state index in [0.29, 0.717) is 53.7 Å². The predicted octanol–water partition coefficient (Wildman–Crippen LogP) is 3.30. The van der Waals surface area contributed by atoms with Gasteiger partial charge in [0.15, 0.2) is 5.82 Å². The Morgan fingerprint density at radius 2 is 1.84 bits per heavy atom. The maximum absolute atomic E-state index is 12.8. The second-order valence-corrected chi connectivity index (χ2v) is 10.1. The Bertz CT molecular complexity index is 1380. The molecule has 2 amide bonds. The van der Waals surface area contributed by atoms with Crippen molar-refractivity contribution >= 4 is 56.1 Å². The largest absolute Gasteiger partial charge is 0.397 e. The number of nitrogen functional groups attached to an aromatic ring is 1. The highest BCUT2D eigenvalue weighted by molar-refractivity contribution is 7.21. The molecule has 0 atom stereocenters. The van der Waals surface area contributed by atoms with Crippen LogP contribution in [0.15, 0.2) is 41.8 Å². The van der Waals surface area contributed by atoms with Crippen LogP contribution in [-0.2, 0) is 14.3 Å². The first-order valence-electron chi connectivity index (χ1n) is 11.5. The monoisotopic (exact) mass is 540 g/mol. The van der Waals surface area contributed by atoms with Crippen molar-refractivity contribution in [3.63, 3.8) is 0 Å². The highest BCUT2D eigenvalue weighted by atomic mass is 32.1. The lowest BCUT2D eigenvalue weighted by Gasteiger charge is -2.21. The van der Waals surface area contributed by atoms with Crippen LogP contribution in [0, 0.1) is 0 Å². The Balaban J connectivity index is 1.67. The van der Waals surface area contributed by atoms with Crippen LogP contribution in [0.2, 0.25) is 0 Å². The van der Waals surface area contributed by atoms with Gasteiger partial charge >= 0.3 is 0 Å². The minimum absolute atomic E-state index is 0.164. The number of amides is 2. The Hall–Kier alpha value is -3.42. The number of thiophene rings is 2. The van der Waals surface area contributed by atoms with E-state index in [9.17, 15) is 9.59 Å². The highest BCUT2D eigenvalue weighted by Gasteiger charge is 2.22. The van der Waals surface area contributed by atoms with Crippen LogP contribution in [0.25, 0.3) is 32.2 Å². The SMILES string of the molecule is COCCN(CCOC)CC(=O)Nc1cccc(-c2nc(-c3cccs3)nc3sc(C(N)=O)c(N)c23)c1. The third-order valence-corrected chi connectivity index (χ3v) is 7.54. The van der Waals surface area contributed by atoms with E-state index in [1.165, 1.54) is 11.3 Å². The fourth-order valence-electron chi connectivity index (χ4n) is 3.79. The zero-order valence-electron chi connectivity index (χ0n) is 20.5. The summed E-state index contributed by atoms with van der Waals surface area (Å²) in [5, 5.41) is 5.46. The number of primary amides is 1. The maximum Gasteiger partial charge on any atom is 0.260 e. The predicted molar refractivity (Wildman–Crippen MR) is 148 cm³/mol. The fourth-order valence-corrected chi connectivity index (χ4v) is 5.39. The van der Waals surface area contributed by atoms with Crippen molar-refractivity contribution in [1.82, 2.24) is 14.9 Å². The summed E-state index contributed by atoms with van der Waals surface area (Å²) in [7, 11) is 3.25. The third-order valence-electron chi connectivity index (χ3n) is 5.56.